The van der Waals surface area contributed by atoms with Crippen molar-refractivity contribution in [3.63, 3.8) is 0 Å². The van der Waals surface area contributed by atoms with Gasteiger partial charge in [0.2, 0.25) is 0 Å². The first-order chi connectivity index (χ1) is 34.6. The molecule has 1 fully saturated rings. The van der Waals surface area contributed by atoms with Gasteiger partial charge in [-0.3, -0.25) is 14.4 Å². The van der Waals surface area contributed by atoms with Crippen LogP contribution in [-0.4, -0.2) is 89.2 Å². The van der Waals surface area contributed by atoms with Crippen LogP contribution in [0.1, 0.15) is 201 Å². The van der Waals surface area contributed by atoms with Crippen LogP contribution in [0.3, 0.4) is 0 Å². The van der Waals surface area contributed by atoms with E-state index in [1.807, 2.05) is 12.2 Å². The minimum absolute atomic E-state index is 0.0340. The molecule has 6 unspecified atom stereocenters. The number of hydrogen-bond acceptors (Lipinski definition) is 11. The Balaban J connectivity index is 2.71. The van der Waals surface area contributed by atoms with E-state index in [0.717, 1.165) is 109 Å². The minimum atomic E-state index is -1.92. The Morgan fingerprint density at radius 1 is 0.479 bits per heavy atom. The van der Waals surface area contributed by atoms with E-state index >= 15 is 0 Å². The monoisotopic (exact) mass is 995 g/mol. The van der Waals surface area contributed by atoms with Gasteiger partial charge < -0.3 is 39.0 Å². The number of aliphatic hydroxyl groups is 2. The average Bonchev–Trinajstić information content (AvgIpc) is 3.35. The van der Waals surface area contributed by atoms with Crippen molar-refractivity contribution < 1.29 is 58.2 Å². The van der Waals surface area contributed by atoms with E-state index in [1.165, 1.54) is 32.1 Å². The van der Waals surface area contributed by atoms with Gasteiger partial charge in [-0.2, -0.15) is 0 Å². The molecule has 0 radical (unpaired) electrons. The molecular weight excluding hydrogens is 901 g/mol. The van der Waals surface area contributed by atoms with Crippen LogP contribution in [0.25, 0.3) is 0 Å². The van der Waals surface area contributed by atoms with Gasteiger partial charge in [-0.25, -0.2) is 4.79 Å². The molecule has 0 aromatic heterocycles. The van der Waals surface area contributed by atoms with Gasteiger partial charge >= 0.3 is 23.9 Å². The first-order valence-corrected chi connectivity index (χ1v) is 27.2. The number of carboxylic acids is 1. The number of esters is 3. The molecule has 1 saturated heterocycles. The second-order valence-electron chi connectivity index (χ2n) is 18.1. The highest BCUT2D eigenvalue weighted by Gasteiger charge is 2.50. The number of allylic oxidation sites excluding steroid dienone is 16. The summed E-state index contributed by atoms with van der Waals surface area (Å²) in [6.45, 7) is 5.64. The SMILES string of the molecule is CC/C=C\C/C=C\C/C=C\C/C=C\CCCCCCCCC(=O)OC1C(OCC(COC(=O)CC/C=C\C/C=C\C/C=C\C/C=C\CC)OC(=O)CCCCCCCCCCC)OC(C(=O)O)C(O)C1O. The van der Waals surface area contributed by atoms with Crippen molar-refractivity contribution in [3.05, 3.63) is 97.2 Å². The van der Waals surface area contributed by atoms with Crippen LogP contribution in [0.4, 0.5) is 0 Å². The lowest BCUT2D eigenvalue weighted by Gasteiger charge is -2.40. The molecule has 0 bridgehead atoms. The van der Waals surface area contributed by atoms with Crippen molar-refractivity contribution in [1.29, 1.82) is 0 Å². The third-order valence-corrected chi connectivity index (χ3v) is 11.7. The number of hydrogen-bond donors (Lipinski definition) is 3. The van der Waals surface area contributed by atoms with E-state index in [4.69, 9.17) is 23.7 Å². The molecule has 71 heavy (non-hydrogen) atoms. The maximum atomic E-state index is 13.0. The van der Waals surface area contributed by atoms with Crippen molar-refractivity contribution in [2.45, 2.75) is 237 Å². The van der Waals surface area contributed by atoms with Crippen LogP contribution in [0.5, 0.6) is 0 Å². The van der Waals surface area contributed by atoms with E-state index in [-0.39, 0.29) is 25.9 Å². The maximum absolute atomic E-state index is 13.0. The molecule has 0 aromatic carbocycles. The number of carbonyl (C=O) groups is 4. The Morgan fingerprint density at radius 2 is 0.915 bits per heavy atom. The molecule has 0 saturated carbocycles. The first-order valence-electron chi connectivity index (χ1n) is 27.2. The highest BCUT2D eigenvalue weighted by atomic mass is 16.7. The molecule has 1 rings (SSSR count). The molecular formula is C59H94O12. The fourth-order valence-corrected chi connectivity index (χ4v) is 7.55. The Morgan fingerprint density at radius 3 is 1.41 bits per heavy atom. The molecule has 1 aliphatic heterocycles. The number of carboxylic acid groups (broad SMARTS) is 1. The molecule has 0 aliphatic carbocycles. The molecule has 0 aromatic rings. The van der Waals surface area contributed by atoms with E-state index < -0.39 is 67.3 Å². The fourth-order valence-electron chi connectivity index (χ4n) is 7.55. The average molecular weight is 995 g/mol. The van der Waals surface area contributed by atoms with Gasteiger partial charge in [-0.1, -0.05) is 195 Å². The Kier molecular flexibility index (Phi) is 42.5. The van der Waals surface area contributed by atoms with Crippen molar-refractivity contribution in [2.24, 2.45) is 0 Å². The lowest BCUT2D eigenvalue weighted by molar-refractivity contribution is -0.301. The Bertz CT molecular complexity index is 1610. The summed E-state index contributed by atoms with van der Waals surface area (Å²) in [5.74, 6) is -3.26. The molecule has 12 heteroatoms. The molecule has 0 spiro atoms. The van der Waals surface area contributed by atoms with E-state index in [1.54, 1.807) is 0 Å². The number of unbranched alkanes of at least 4 members (excludes halogenated alkanes) is 14. The highest BCUT2D eigenvalue weighted by Crippen LogP contribution is 2.26. The summed E-state index contributed by atoms with van der Waals surface area (Å²) >= 11 is 0. The summed E-state index contributed by atoms with van der Waals surface area (Å²) in [5, 5.41) is 31.4. The number of aliphatic hydroxyl groups excluding tert-OH is 2. The van der Waals surface area contributed by atoms with Crippen LogP contribution in [0.15, 0.2) is 97.2 Å². The highest BCUT2D eigenvalue weighted by molar-refractivity contribution is 5.74. The quantitative estimate of drug-likeness (QED) is 0.0228. The van der Waals surface area contributed by atoms with Crippen molar-refractivity contribution >= 4 is 23.9 Å². The van der Waals surface area contributed by atoms with Crippen LogP contribution < -0.4 is 0 Å². The minimum Gasteiger partial charge on any atom is -0.479 e. The fraction of sp³-hybridized carbons (Fsp3) is 0.661. The molecule has 402 valence electrons. The van der Waals surface area contributed by atoms with E-state index in [0.29, 0.717) is 19.3 Å². The zero-order chi connectivity index (χ0) is 51.8. The number of aliphatic carboxylic acids is 1. The third-order valence-electron chi connectivity index (χ3n) is 11.7. The smallest absolute Gasteiger partial charge is 0.335 e. The van der Waals surface area contributed by atoms with Gasteiger partial charge in [0.05, 0.1) is 6.61 Å². The maximum Gasteiger partial charge on any atom is 0.335 e. The summed E-state index contributed by atoms with van der Waals surface area (Å²) in [4.78, 5) is 50.8. The number of carbonyl (C=O) groups excluding carboxylic acids is 3. The number of ether oxygens (including phenoxy) is 5. The second kappa shape index (κ2) is 46.7. The summed E-state index contributed by atoms with van der Waals surface area (Å²) in [5.41, 5.74) is 0. The normalized spacial score (nSPS) is 19.3. The largest absolute Gasteiger partial charge is 0.479 e. The molecule has 0 amide bonds. The van der Waals surface area contributed by atoms with Crippen molar-refractivity contribution in [1.82, 2.24) is 0 Å². The van der Waals surface area contributed by atoms with Crippen molar-refractivity contribution in [2.75, 3.05) is 13.2 Å². The molecule has 12 nitrogen and oxygen atoms in total. The standard InChI is InChI=1S/C59H94O12/c1-4-7-10-13-16-19-21-23-24-25-26-27-28-30-32-35-38-41-44-47-53(62)70-57-55(64)54(63)56(58(65)66)71-59(57)68-49-50(69-52(61)46-43-40-37-33-18-15-12-9-6-3)48-67-51(60)45-42-39-36-34-31-29-22-20-17-14-11-8-5-2/h7-8,10-11,16-17,19-20,23-24,26-27,29,31,36,39,50,54-57,59,63-64H,4-6,9,12-15,18,21-22,25,28,30,32-35,37-38,40-49H2,1-3H3,(H,65,66)/b10-7-,11-8-,19-16-,20-17-,24-23-,27-26-,31-29-,39-36-. The summed E-state index contributed by atoms with van der Waals surface area (Å²) < 4.78 is 28.2. The predicted octanol–water partition coefficient (Wildman–Crippen LogP) is 13.3. The van der Waals surface area contributed by atoms with Crippen molar-refractivity contribution in [3.8, 4) is 0 Å². The summed E-state index contributed by atoms with van der Waals surface area (Å²) in [6, 6.07) is 0. The summed E-state index contributed by atoms with van der Waals surface area (Å²) in [6.07, 6.45) is 48.4. The molecule has 1 aliphatic rings. The Hall–Kier alpha value is -4.36. The molecule has 6 atom stereocenters. The third kappa shape index (κ3) is 37.1. The van der Waals surface area contributed by atoms with Crippen LogP contribution in [0, 0.1) is 0 Å². The topological polar surface area (TPSA) is 175 Å². The lowest BCUT2D eigenvalue weighted by atomic mass is 9.98. The molecule has 3 N–H and O–H groups in total. The lowest BCUT2D eigenvalue weighted by Crippen LogP contribution is -2.61. The predicted molar refractivity (Wildman–Crippen MR) is 284 cm³/mol. The van der Waals surface area contributed by atoms with Crippen LogP contribution in [0.2, 0.25) is 0 Å². The van der Waals surface area contributed by atoms with Gasteiger partial charge in [-0.15, -0.1) is 0 Å². The van der Waals surface area contributed by atoms with Crippen LogP contribution in [-0.2, 0) is 42.9 Å². The summed E-state index contributed by atoms with van der Waals surface area (Å²) in [7, 11) is 0. The zero-order valence-electron chi connectivity index (χ0n) is 43.9. The van der Waals surface area contributed by atoms with Gasteiger partial charge in [-0.05, 0) is 83.5 Å². The second-order valence-corrected chi connectivity index (χ2v) is 18.1. The van der Waals surface area contributed by atoms with Crippen LogP contribution >= 0.6 is 0 Å². The van der Waals surface area contributed by atoms with Gasteiger partial charge in [0, 0.05) is 19.3 Å². The first kappa shape index (κ1) is 64.7. The van der Waals surface area contributed by atoms with Gasteiger partial charge in [0.25, 0.3) is 0 Å². The number of rotatable bonds is 44. The zero-order valence-corrected chi connectivity index (χ0v) is 43.9. The van der Waals surface area contributed by atoms with Gasteiger partial charge in [0.15, 0.2) is 24.6 Å². The molecule has 1 heterocycles. The van der Waals surface area contributed by atoms with E-state index in [2.05, 4.69) is 106 Å². The Labute approximate surface area is 428 Å². The van der Waals surface area contributed by atoms with E-state index in [9.17, 15) is 34.5 Å². The van der Waals surface area contributed by atoms with Gasteiger partial charge in [0.1, 0.15) is 18.8 Å².